The zero-order valence-electron chi connectivity index (χ0n) is 10.1. The molecule has 6 heteroatoms. The molecule has 1 aliphatic heterocycles. The summed E-state index contributed by atoms with van der Waals surface area (Å²) >= 11 is 1.46. The quantitative estimate of drug-likeness (QED) is 0.655. The van der Waals surface area contributed by atoms with E-state index in [2.05, 4.69) is 15.3 Å². The van der Waals surface area contributed by atoms with Gasteiger partial charge < -0.3 is 10.1 Å². The van der Waals surface area contributed by atoms with Crippen LogP contribution in [0.2, 0.25) is 0 Å². The van der Waals surface area contributed by atoms with Crippen molar-refractivity contribution in [1.29, 1.82) is 0 Å². The maximum absolute atomic E-state index is 12.0. The normalized spacial score (nSPS) is 29.5. The monoisotopic (exact) mass is 265 g/mol. The Morgan fingerprint density at radius 3 is 2.94 bits per heavy atom. The second-order valence-electron chi connectivity index (χ2n) is 4.64. The lowest BCUT2D eigenvalue weighted by atomic mass is 9.76. The van der Waals surface area contributed by atoms with Crippen LogP contribution in [0, 0.1) is 5.92 Å². The van der Waals surface area contributed by atoms with Crippen LogP contribution in [0.5, 0.6) is 0 Å². The van der Waals surface area contributed by atoms with Gasteiger partial charge in [-0.2, -0.15) is 0 Å². The maximum atomic E-state index is 12.0. The van der Waals surface area contributed by atoms with Crippen LogP contribution in [0.1, 0.15) is 23.2 Å². The van der Waals surface area contributed by atoms with Crippen molar-refractivity contribution in [3.05, 3.63) is 18.0 Å². The van der Waals surface area contributed by atoms with Crippen LogP contribution in [0.25, 0.3) is 0 Å². The lowest BCUT2D eigenvalue weighted by Crippen LogP contribution is -2.53. The van der Waals surface area contributed by atoms with Crippen molar-refractivity contribution in [2.24, 2.45) is 5.92 Å². The summed E-state index contributed by atoms with van der Waals surface area (Å²) in [5.74, 6) is 0.415. The Labute approximate surface area is 110 Å². The van der Waals surface area contributed by atoms with Gasteiger partial charge in [0.2, 0.25) is 0 Å². The molecule has 1 aromatic rings. The van der Waals surface area contributed by atoms with Crippen LogP contribution >= 0.6 is 11.8 Å². The number of amides is 1. The highest BCUT2D eigenvalue weighted by Gasteiger charge is 2.45. The number of thioether (sulfide) groups is 1. The molecular formula is C12H15N3O2S. The Morgan fingerprint density at radius 1 is 1.50 bits per heavy atom. The number of carbonyl (C=O) groups excluding carboxylic acids is 1. The molecule has 0 aromatic carbocycles. The standard InChI is InChI=1S/C12H15N3O2S/c1-18-12-13-5-7(6-14-12)11(16)15-9-4-10-8(9)2-3-17-10/h5-6,8-10H,2-4H2,1H3,(H,15,16)/t8-,9+,10+/m0/s1. The third-order valence-corrected chi connectivity index (χ3v) is 4.23. The topological polar surface area (TPSA) is 64.1 Å². The molecule has 1 saturated heterocycles. The van der Waals surface area contributed by atoms with E-state index in [1.165, 1.54) is 11.8 Å². The van der Waals surface area contributed by atoms with Crippen LogP contribution in [-0.4, -0.2) is 40.9 Å². The predicted octanol–water partition coefficient (Wildman–Crippen LogP) is 1.11. The smallest absolute Gasteiger partial charge is 0.254 e. The van der Waals surface area contributed by atoms with E-state index < -0.39 is 0 Å². The number of ether oxygens (including phenoxy) is 1. The van der Waals surface area contributed by atoms with Crippen LogP contribution in [0.3, 0.4) is 0 Å². The molecule has 1 aromatic heterocycles. The first kappa shape index (κ1) is 11.9. The van der Waals surface area contributed by atoms with Crippen molar-refractivity contribution in [1.82, 2.24) is 15.3 Å². The highest BCUT2D eigenvalue weighted by Crippen LogP contribution is 2.38. The molecular weight excluding hydrogens is 250 g/mol. The molecule has 1 amide bonds. The van der Waals surface area contributed by atoms with Gasteiger partial charge >= 0.3 is 0 Å². The van der Waals surface area contributed by atoms with Crippen molar-refractivity contribution >= 4 is 17.7 Å². The number of fused-ring (bicyclic) bond motifs is 1. The van der Waals surface area contributed by atoms with Gasteiger partial charge in [-0.15, -0.1) is 0 Å². The van der Waals surface area contributed by atoms with Gasteiger partial charge in [0.15, 0.2) is 5.16 Å². The highest BCUT2D eigenvalue weighted by atomic mass is 32.2. The number of hydrogen-bond acceptors (Lipinski definition) is 5. The van der Waals surface area contributed by atoms with Crippen LogP contribution in [-0.2, 0) is 4.74 Å². The maximum Gasteiger partial charge on any atom is 0.254 e. The van der Waals surface area contributed by atoms with Crippen molar-refractivity contribution in [3.8, 4) is 0 Å². The summed E-state index contributed by atoms with van der Waals surface area (Å²) < 4.78 is 5.52. The summed E-state index contributed by atoms with van der Waals surface area (Å²) in [6.07, 6.45) is 7.41. The molecule has 5 nitrogen and oxygen atoms in total. The van der Waals surface area contributed by atoms with E-state index in [1.807, 2.05) is 6.26 Å². The lowest BCUT2D eigenvalue weighted by Gasteiger charge is -2.39. The van der Waals surface area contributed by atoms with Gasteiger partial charge in [0, 0.05) is 31.0 Å². The Morgan fingerprint density at radius 2 is 2.28 bits per heavy atom. The van der Waals surface area contributed by atoms with E-state index in [9.17, 15) is 4.79 Å². The minimum atomic E-state index is -0.0852. The zero-order valence-corrected chi connectivity index (χ0v) is 10.9. The second-order valence-corrected chi connectivity index (χ2v) is 5.41. The number of rotatable bonds is 3. The molecule has 0 unspecified atom stereocenters. The van der Waals surface area contributed by atoms with Gasteiger partial charge in [-0.3, -0.25) is 4.79 Å². The van der Waals surface area contributed by atoms with E-state index in [1.54, 1.807) is 12.4 Å². The molecule has 1 aliphatic carbocycles. The second kappa shape index (κ2) is 4.85. The third-order valence-electron chi connectivity index (χ3n) is 3.65. The highest BCUT2D eigenvalue weighted by molar-refractivity contribution is 7.98. The fourth-order valence-electron chi connectivity index (χ4n) is 2.55. The van der Waals surface area contributed by atoms with Gasteiger partial charge in [0.05, 0.1) is 11.7 Å². The molecule has 18 heavy (non-hydrogen) atoms. The Balaban J connectivity index is 1.60. The average Bonchev–Trinajstić information content (AvgIpc) is 2.77. The molecule has 2 fully saturated rings. The molecule has 3 rings (SSSR count). The molecule has 2 aliphatic rings. The van der Waals surface area contributed by atoms with Crippen LogP contribution < -0.4 is 5.32 Å². The Kier molecular flexibility index (Phi) is 3.22. The summed E-state index contributed by atoms with van der Waals surface area (Å²) in [6, 6.07) is 0.255. The summed E-state index contributed by atoms with van der Waals surface area (Å²) in [4.78, 5) is 20.2. The Bertz CT molecular complexity index is 451. The summed E-state index contributed by atoms with van der Waals surface area (Å²) in [5, 5.41) is 3.72. The SMILES string of the molecule is CSc1ncc(C(=O)N[C@@H]2C[C@H]3OCC[C@@H]23)cn1. The molecule has 0 radical (unpaired) electrons. The van der Waals surface area contributed by atoms with Gasteiger partial charge in [-0.05, 0) is 19.1 Å². The van der Waals surface area contributed by atoms with Gasteiger partial charge in [-0.25, -0.2) is 9.97 Å². The van der Waals surface area contributed by atoms with Crippen molar-refractivity contribution in [3.63, 3.8) is 0 Å². The fraction of sp³-hybridized carbons (Fsp3) is 0.583. The van der Waals surface area contributed by atoms with E-state index in [0.29, 0.717) is 22.7 Å². The van der Waals surface area contributed by atoms with Gasteiger partial charge in [-0.1, -0.05) is 11.8 Å². The fourth-order valence-corrected chi connectivity index (χ4v) is 2.87. The molecule has 0 bridgehead atoms. The van der Waals surface area contributed by atoms with Crippen LogP contribution in [0.4, 0.5) is 0 Å². The number of carbonyl (C=O) groups is 1. The van der Waals surface area contributed by atoms with Crippen LogP contribution in [0.15, 0.2) is 17.6 Å². The summed E-state index contributed by atoms with van der Waals surface area (Å²) in [6.45, 7) is 0.827. The molecule has 1 saturated carbocycles. The molecule has 0 spiro atoms. The largest absolute Gasteiger partial charge is 0.378 e. The lowest BCUT2D eigenvalue weighted by molar-refractivity contribution is 0.00809. The molecule has 1 N–H and O–H groups in total. The zero-order chi connectivity index (χ0) is 12.5. The van der Waals surface area contributed by atoms with Crippen molar-refractivity contribution in [2.75, 3.05) is 12.9 Å². The van der Waals surface area contributed by atoms with Gasteiger partial charge in [0.25, 0.3) is 5.91 Å². The van der Waals surface area contributed by atoms with E-state index in [4.69, 9.17) is 4.74 Å². The van der Waals surface area contributed by atoms with E-state index >= 15 is 0 Å². The van der Waals surface area contributed by atoms with Crippen molar-refractivity contribution in [2.45, 2.75) is 30.1 Å². The van der Waals surface area contributed by atoms with Crippen molar-refractivity contribution < 1.29 is 9.53 Å². The first-order valence-electron chi connectivity index (χ1n) is 6.06. The Hall–Kier alpha value is -1.14. The third kappa shape index (κ3) is 2.10. The minimum Gasteiger partial charge on any atom is -0.378 e. The molecule has 96 valence electrons. The summed E-state index contributed by atoms with van der Waals surface area (Å²) in [5.41, 5.74) is 0.523. The first-order valence-corrected chi connectivity index (χ1v) is 7.29. The number of aromatic nitrogens is 2. The molecule has 3 atom stereocenters. The number of nitrogens with one attached hydrogen (secondary N) is 1. The predicted molar refractivity (Wildman–Crippen MR) is 67.5 cm³/mol. The molecule has 2 heterocycles. The van der Waals surface area contributed by atoms with Gasteiger partial charge in [0.1, 0.15) is 0 Å². The summed E-state index contributed by atoms with van der Waals surface area (Å²) in [7, 11) is 0. The van der Waals surface area contributed by atoms with E-state index in [-0.39, 0.29) is 11.9 Å². The van der Waals surface area contributed by atoms with E-state index in [0.717, 1.165) is 19.4 Å². The number of nitrogens with zero attached hydrogens (tertiary/aromatic N) is 2. The first-order chi connectivity index (χ1) is 8.78. The number of hydrogen-bond donors (Lipinski definition) is 1. The average molecular weight is 265 g/mol. The minimum absolute atomic E-state index is 0.0852.